The predicted octanol–water partition coefficient (Wildman–Crippen LogP) is 7.13. The van der Waals surface area contributed by atoms with Gasteiger partial charge in [0.2, 0.25) is 0 Å². The molecule has 1 unspecified atom stereocenters. The number of rotatable bonds is 10. The van der Waals surface area contributed by atoms with Crippen LogP contribution in [-0.4, -0.2) is 42.1 Å². The number of amides is 1. The van der Waals surface area contributed by atoms with Crippen molar-refractivity contribution in [2.75, 3.05) is 25.2 Å². The number of benzene rings is 3. The third-order valence-corrected chi connectivity index (χ3v) is 8.23. The predicted molar refractivity (Wildman–Crippen MR) is 165 cm³/mol. The van der Waals surface area contributed by atoms with Crippen LogP contribution in [0.4, 0.5) is 5.13 Å². The molecule has 1 atom stereocenters. The summed E-state index contributed by atoms with van der Waals surface area (Å²) in [4.78, 5) is 33.6. The zero-order valence-corrected chi connectivity index (χ0v) is 25.2. The highest BCUT2D eigenvalue weighted by atomic mass is 32.1. The second-order valence-corrected chi connectivity index (χ2v) is 11.2. The minimum absolute atomic E-state index is 0.00957. The minimum atomic E-state index is -0.949. The van der Waals surface area contributed by atoms with Crippen molar-refractivity contribution in [1.29, 1.82) is 0 Å². The first-order chi connectivity index (χ1) is 20.3. The number of hydrogen-bond acceptors (Lipinski definition) is 8. The number of methoxy groups -OCH3 is 1. The number of carbonyl (C=O) groups excluding carboxylic acids is 2. The number of hydrogen-bond donors (Lipinski definition) is 1. The van der Waals surface area contributed by atoms with Crippen molar-refractivity contribution < 1.29 is 28.9 Å². The Bertz CT molecular complexity index is 1690. The number of carbonyl (C=O) groups is 2. The zero-order chi connectivity index (χ0) is 30.0. The average molecular weight is 587 g/mol. The van der Waals surface area contributed by atoms with Crippen LogP contribution in [0, 0.1) is 13.8 Å². The molecule has 1 aliphatic heterocycles. The summed E-state index contributed by atoms with van der Waals surface area (Å²) in [7, 11) is 1.54. The van der Waals surface area contributed by atoms with Crippen LogP contribution < -0.4 is 19.1 Å². The highest BCUT2D eigenvalue weighted by Crippen LogP contribution is 2.46. The molecule has 1 aliphatic rings. The summed E-state index contributed by atoms with van der Waals surface area (Å²) < 4.78 is 18.0. The van der Waals surface area contributed by atoms with Gasteiger partial charge in [0.25, 0.3) is 5.78 Å². The summed E-state index contributed by atoms with van der Waals surface area (Å²) in [5.74, 6) is -0.0644. The lowest BCUT2D eigenvalue weighted by atomic mass is 9.93. The van der Waals surface area contributed by atoms with Gasteiger partial charge >= 0.3 is 5.91 Å². The molecule has 3 aromatic carbocycles. The van der Waals surface area contributed by atoms with Crippen LogP contribution in [0.2, 0.25) is 0 Å². The Morgan fingerprint density at radius 3 is 2.55 bits per heavy atom. The molecule has 1 amide bonds. The second kappa shape index (κ2) is 12.2. The Kier molecular flexibility index (Phi) is 8.49. The highest BCUT2D eigenvalue weighted by Gasteiger charge is 2.48. The molecule has 4 aromatic rings. The first-order valence-electron chi connectivity index (χ1n) is 14.0. The minimum Gasteiger partial charge on any atom is -0.507 e. The number of Topliss-reactive ketones (excluding diaryl/α,β-unsaturated/α-hetero) is 1. The topological polar surface area (TPSA) is 98.2 Å². The molecule has 1 saturated heterocycles. The van der Waals surface area contributed by atoms with Crippen molar-refractivity contribution in [3.05, 3.63) is 82.4 Å². The van der Waals surface area contributed by atoms with Crippen LogP contribution in [0.25, 0.3) is 16.0 Å². The fourth-order valence-electron chi connectivity index (χ4n) is 5.03. The van der Waals surface area contributed by atoms with E-state index in [0.717, 1.165) is 28.7 Å². The van der Waals surface area contributed by atoms with Gasteiger partial charge in [0.15, 0.2) is 16.6 Å². The molecule has 0 aliphatic carbocycles. The number of aryl methyl sites for hydroxylation is 2. The number of aliphatic hydroxyl groups excluding tert-OH is 1. The smallest absolute Gasteiger partial charge is 0.301 e. The molecule has 1 aromatic heterocycles. The molecule has 0 bridgehead atoms. The molecule has 0 radical (unpaired) electrons. The molecule has 2 heterocycles. The van der Waals surface area contributed by atoms with E-state index in [4.69, 9.17) is 19.2 Å². The maximum Gasteiger partial charge on any atom is 0.301 e. The Hall–Kier alpha value is -4.37. The van der Waals surface area contributed by atoms with Crippen LogP contribution in [0.5, 0.6) is 17.2 Å². The first kappa shape index (κ1) is 29.1. The zero-order valence-electron chi connectivity index (χ0n) is 24.4. The molecule has 1 N–H and O–H groups in total. The number of thiazole rings is 1. The van der Waals surface area contributed by atoms with E-state index in [-0.39, 0.29) is 11.3 Å². The van der Waals surface area contributed by atoms with Crippen molar-refractivity contribution in [2.45, 2.75) is 46.6 Å². The Morgan fingerprint density at radius 1 is 1.00 bits per heavy atom. The lowest BCUT2D eigenvalue weighted by Crippen LogP contribution is -2.29. The second-order valence-electron chi connectivity index (χ2n) is 10.2. The van der Waals surface area contributed by atoms with E-state index in [9.17, 15) is 14.7 Å². The lowest BCUT2D eigenvalue weighted by molar-refractivity contribution is -0.132. The number of nitrogens with zero attached hydrogens (tertiary/aromatic N) is 2. The normalized spacial score (nSPS) is 16.3. The van der Waals surface area contributed by atoms with E-state index in [0.29, 0.717) is 52.2 Å². The van der Waals surface area contributed by atoms with Crippen LogP contribution >= 0.6 is 11.3 Å². The Labute approximate surface area is 249 Å². The standard InChI is InChI=1S/C33H34N2O6S/c1-6-8-15-41-25-14-11-21(17-26(25)39-5)29-28(30(36)23-16-19(3)9-10-20(23)4)31(37)32(38)35(29)33-34-24-13-12-22(40-7-2)18-27(24)42-33/h9-14,16-18,29,36H,6-8,15H2,1-5H3. The van der Waals surface area contributed by atoms with Gasteiger partial charge in [0.1, 0.15) is 11.5 Å². The maximum absolute atomic E-state index is 13.7. The number of anilines is 1. The number of aromatic nitrogens is 1. The van der Waals surface area contributed by atoms with Gasteiger partial charge in [-0.15, -0.1) is 0 Å². The molecule has 218 valence electrons. The quantitative estimate of drug-likeness (QED) is 0.0914. The number of unbranched alkanes of at least 4 members (excludes halogenated alkanes) is 1. The van der Waals surface area contributed by atoms with E-state index in [2.05, 4.69) is 6.92 Å². The Balaban J connectivity index is 1.70. The van der Waals surface area contributed by atoms with Crippen LogP contribution in [0.1, 0.15) is 55.0 Å². The van der Waals surface area contributed by atoms with Crippen molar-refractivity contribution >= 4 is 44.1 Å². The number of ketones is 1. The van der Waals surface area contributed by atoms with Gasteiger partial charge in [-0.25, -0.2) is 4.98 Å². The van der Waals surface area contributed by atoms with Crippen molar-refractivity contribution in [3.8, 4) is 17.2 Å². The molecular weight excluding hydrogens is 552 g/mol. The van der Waals surface area contributed by atoms with Crippen LogP contribution in [0.15, 0.2) is 60.2 Å². The monoisotopic (exact) mass is 586 g/mol. The molecule has 0 spiro atoms. The van der Waals surface area contributed by atoms with Gasteiger partial charge < -0.3 is 19.3 Å². The van der Waals surface area contributed by atoms with E-state index in [1.54, 1.807) is 25.3 Å². The SMILES string of the molecule is CCCCOc1ccc(C2C(=C(O)c3cc(C)ccc3C)C(=O)C(=O)N2c2nc3ccc(OCC)cc3s2)cc1OC. The maximum atomic E-state index is 13.7. The largest absolute Gasteiger partial charge is 0.507 e. The number of aliphatic hydroxyl groups is 1. The first-order valence-corrected chi connectivity index (χ1v) is 14.8. The van der Waals surface area contributed by atoms with Crippen LogP contribution in [-0.2, 0) is 9.59 Å². The van der Waals surface area contributed by atoms with Gasteiger partial charge in [0, 0.05) is 5.56 Å². The fraction of sp³-hybridized carbons (Fsp3) is 0.303. The molecule has 9 heteroatoms. The molecule has 5 rings (SSSR count). The molecule has 8 nitrogen and oxygen atoms in total. The van der Waals surface area contributed by atoms with Crippen molar-refractivity contribution in [3.63, 3.8) is 0 Å². The molecule has 0 saturated carbocycles. The average Bonchev–Trinajstić information content (AvgIpc) is 3.51. The summed E-state index contributed by atoms with van der Waals surface area (Å²) in [5, 5.41) is 12.0. The summed E-state index contributed by atoms with van der Waals surface area (Å²) in [5.41, 5.74) is 3.43. The fourth-order valence-corrected chi connectivity index (χ4v) is 6.05. The number of fused-ring (bicyclic) bond motifs is 1. The van der Waals surface area contributed by atoms with Gasteiger partial charge in [-0.2, -0.15) is 0 Å². The Morgan fingerprint density at radius 2 is 1.81 bits per heavy atom. The van der Waals surface area contributed by atoms with Crippen LogP contribution in [0.3, 0.4) is 0 Å². The van der Waals surface area contributed by atoms with E-state index in [1.165, 1.54) is 16.2 Å². The lowest BCUT2D eigenvalue weighted by Gasteiger charge is -2.24. The summed E-state index contributed by atoms with van der Waals surface area (Å²) in [6.07, 6.45) is 1.88. The van der Waals surface area contributed by atoms with E-state index >= 15 is 0 Å². The third-order valence-electron chi connectivity index (χ3n) is 7.22. The van der Waals surface area contributed by atoms with Gasteiger partial charge in [-0.1, -0.05) is 48.4 Å². The molecule has 1 fully saturated rings. The van der Waals surface area contributed by atoms with Crippen molar-refractivity contribution in [2.24, 2.45) is 0 Å². The molecule has 42 heavy (non-hydrogen) atoms. The van der Waals surface area contributed by atoms with E-state index in [1.807, 2.05) is 57.2 Å². The third kappa shape index (κ3) is 5.44. The number of ether oxygens (including phenoxy) is 3. The van der Waals surface area contributed by atoms with Gasteiger partial charge in [0.05, 0.1) is 42.2 Å². The van der Waals surface area contributed by atoms with Gasteiger partial charge in [-0.05, 0) is 74.7 Å². The van der Waals surface area contributed by atoms with E-state index < -0.39 is 17.7 Å². The summed E-state index contributed by atoms with van der Waals surface area (Å²) in [6, 6.07) is 15.5. The van der Waals surface area contributed by atoms with Gasteiger partial charge in [-0.3, -0.25) is 14.5 Å². The summed E-state index contributed by atoms with van der Waals surface area (Å²) in [6.45, 7) is 8.81. The summed E-state index contributed by atoms with van der Waals surface area (Å²) >= 11 is 1.28. The molecular formula is C33H34N2O6S. The highest BCUT2D eigenvalue weighted by molar-refractivity contribution is 7.22. The van der Waals surface area contributed by atoms with Crippen molar-refractivity contribution in [1.82, 2.24) is 4.98 Å².